The van der Waals surface area contributed by atoms with Gasteiger partial charge in [0.05, 0.1) is 16.8 Å². The van der Waals surface area contributed by atoms with E-state index in [9.17, 15) is 31.1 Å². The minimum Gasteiger partial charge on any atom is -0.303 e. The van der Waals surface area contributed by atoms with Gasteiger partial charge in [0.25, 0.3) is 5.56 Å². The molecule has 1 N–H and O–H groups in total. The lowest BCUT2D eigenvalue weighted by molar-refractivity contribution is -0.145. The number of aromatic nitrogens is 2. The molecule has 1 aromatic carbocycles. The number of rotatable bonds is 2. The Balaban J connectivity index is 1.76. The van der Waals surface area contributed by atoms with Crippen LogP contribution in [-0.4, -0.2) is 21.4 Å². The van der Waals surface area contributed by atoms with E-state index in [0.29, 0.717) is 12.1 Å². The van der Waals surface area contributed by atoms with Gasteiger partial charge in [-0.15, -0.1) is 0 Å². The fourth-order valence-corrected chi connectivity index (χ4v) is 2.81. The summed E-state index contributed by atoms with van der Waals surface area (Å²) in [7, 11) is 0. The van der Waals surface area contributed by atoms with Crippen molar-refractivity contribution in [2.24, 2.45) is 0 Å². The molecule has 10 heteroatoms. The lowest BCUT2D eigenvalue weighted by Crippen LogP contribution is -2.36. The predicted octanol–water partition coefficient (Wildman–Crippen LogP) is 3.37. The van der Waals surface area contributed by atoms with Crippen molar-refractivity contribution >= 4 is 0 Å². The minimum atomic E-state index is -4.73. The molecule has 0 spiro atoms. The van der Waals surface area contributed by atoms with Gasteiger partial charge in [0, 0.05) is 26.1 Å². The van der Waals surface area contributed by atoms with Crippen LogP contribution in [-0.2, 0) is 31.9 Å². The molecule has 0 radical (unpaired) electrons. The third kappa shape index (κ3) is 3.90. The zero-order valence-electron chi connectivity index (χ0n) is 13.2. The van der Waals surface area contributed by atoms with Crippen molar-refractivity contribution in [1.82, 2.24) is 14.9 Å². The van der Waals surface area contributed by atoms with Gasteiger partial charge >= 0.3 is 12.4 Å². The van der Waals surface area contributed by atoms with Crippen LogP contribution in [0, 0.1) is 0 Å². The number of benzene rings is 1. The standard InChI is InChI=1S/C16H13F6N3O/c17-15(18,19)10-3-1-9(2-4-10)7-25-6-5-12-11(8-25)13(26)24-14(23-12)16(20,21)22/h1-4H,5-8H2,(H,23,24,26). The SMILES string of the molecule is O=c1[nH]c(C(F)(F)F)nc2c1CN(Cc1ccc(C(F)(F)F)cc1)CC2. The number of nitrogens with zero attached hydrogens (tertiary/aromatic N) is 2. The van der Waals surface area contributed by atoms with Crippen molar-refractivity contribution in [2.45, 2.75) is 31.9 Å². The van der Waals surface area contributed by atoms with Gasteiger partial charge in [0.15, 0.2) is 0 Å². The van der Waals surface area contributed by atoms with Crippen LogP contribution in [0.4, 0.5) is 26.3 Å². The van der Waals surface area contributed by atoms with Crippen molar-refractivity contribution < 1.29 is 26.3 Å². The molecule has 0 unspecified atom stereocenters. The summed E-state index contributed by atoms with van der Waals surface area (Å²) in [5.74, 6) is -1.32. The van der Waals surface area contributed by atoms with Crippen molar-refractivity contribution in [3.05, 3.63) is 62.8 Å². The van der Waals surface area contributed by atoms with Crippen LogP contribution in [0.3, 0.4) is 0 Å². The molecule has 0 amide bonds. The van der Waals surface area contributed by atoms with E-state index in [1.165, 1.54) is 12.1 Å². The van der Waals surface area contributed by atoms with Crippen LogP contribution >= 0.6 is 0 Å². The van der Waals surface area contributed by atoms with Gasteiger partial charge in [0.2, 0.25) is 5.82 Å². The second kappa shape index (κ2) is 6.42. The first-order chi connectivity index (χ1) is 12.0. The first-order valence-electron chi connectivity index (χ1n) is 7.62. The topological polar surface area (TPSA) is 49.0 Å². The highest BCUT2D eigenvalue weighted by Crippen LogP contribution is 2.30. The van der Waals surface area contributed by atoms with Crippen LogP contribution < -0.4 is 5.56 Å². The van der Waals surface area contributed by atoms with Crippen molar-refractivity contribution in [3.8, 4) is 0 Å². The van der Waals surface area contributed by atoms with E-state index in [2.05, 4.69) is 4.98 Å². The third-order valence-electron chi connectivity index (χ3n) is 4.10. The number of hydrogen-bond donors (Lipinski definition) is 1. The molecule has 3 rings (SSSR count). The van der Waals surface area contributed by atoms with Crippen molar-refractivity contribution in [1.29, 1.82) is 0 Å². The van der Waals surface area contributed by atoms with Crippen molar-refractivity contribution in [3.63, 3.8) is 0 Å². The van der Waals surface area contributed by atoms with Crippen LogP contribution in [0.5, 0.6) is 0 Å². The van der Waals surface area contributed by atoms with E-state index >= 15 is 0 Å². The van der Waals surface area contributed by atoms with Crippen LogP contribution in [0.2, 0.25) is 0 Å². The van der Waals surface area contributed by atoms with Gasteiger partial charge < -0.3 is 4.98 Å². The highest BCUT2D eigenvalue weighted by molar-refractivity contribution is 5.26. The molecule has 1 aliphatic heterocycles. The van der Waals surface area contributed by atoms with Crippen LogP contribution in [0.1, 0.15) is 28.2 Å². The van der Waals surface area contributed by atoms with Gasteiger partial charge in [-0.25, -0.2) is 4.98 Å². The van der Waals surface area contributed by atoms with E-state index in [4.69, 9.17) is 0 Å². The summed E-state index contributed by atoms with van der Waals surface area (Å²) >= 11 is 0. The number of alkyl halides is 6. The number of fused-ring (bicyclic) bond motifs is 1. The van der Waals surface area contributed by atoms with E-state index in [1.807, 2.05) is 0 Å². The summed E-state index contributed by atoms with van der Waals surface area (Å²) in [5.41, 5.74) is -0.747. The summed E-state index contributed by atoms with van der Waals surface area (Å²) < 4.78 is 75.8. The van der Waals surface area contributed by atoms with Gasteiger partial charge in [0.1, 0.15) is 0 Å². The van der Waals surface area contributed by atoms with Gasteiger partial charge in [-0.2, -0.15) is 26.3 Å². The Morgan fingerprint density at radius 2 is 1.69 bits per heavy atom. The second-order valence-electron chi connectivity index (χ2n) is 5.99. The molecule has 0 aliphatic carbocycles. The van der Waals surface area contributed by atoms with Gasteiger partial charge in [-0.3, -0.25) is 9.69 Å². The van der Waals surface area contributed by atoms with E-state index < -0.39 is 29.3 Å². The number of halogens is 6. The molecule has 0 fully saturated rings. The quantitative estimate of drug-likeness (QED) is 0.817. The van der Waals surface area contributed by atoms with Gasteiger partial charge in [-0.1, -0.05) is 12.1 Å². The normalized spacial score (nSPS) is 15.8. The molecule has 1 aromatic heterocycles. The average Bonchev–Trinajstić information content (AvgIpc) is 2.54. The maximum Gasteiger partial charge on any atom is 0.449 e. The first kappa shape index (κ1) is 18.4. The number of aromatic amines is 1. The highest BCUT2D eigenvalue weighted by Gasteiger charge is 2.36. The number of H-pyrrole nitrogens is 1. The minimum absolute atomic E-state index is 0.0802. The Labute approximate surface area is 143 Å². The molecule has 0 saturated carbocycles. The summed E-state index contributed by atoms with van der Waals surface area (Å²) in [6.07, 6.45) is -8.99. The maximum absolute atomic E-state index is 12.7. The molecular formula is C16H13F6N3O. The zero-order valence-corrected chi connectivity index (χ0v) is 13.2. The Kier molecular flexibility index (Phi) is 4.55. The molecule has 2 aromatic rings. The summed E-state index contributed by atoms with van der Waals surface area (Å²) in [6, 6.07) is 4.62. The monoisotopic (exact) mass is 377 g/mol. The molecular weight excluding hydrogens is 364 g/mol. The Morgan fingerprint density at radius 3 is 2.27 bits per heavy atom. The lowest BCUT2D eigenvalue weighted by atomic mass is 10.1. The molecule has 4 nitrogen and oxygen atoms in total. The van der Waals surface area contributed by atoms with Crippen LogP contribution in [0.25, 0.3) is 0 Å². The molecule has 26 heavy (non-hydrogen) atoms. The summed E-state index contributed by atoms with van der Waals surface area (Å²) in [4.78, 5) is 18.9. The Bertz CT molecular complexity index is 854. The largest absolute Gasteiger partial charge is 0.449 e. The fraction of sp³-hybridized carbons (Fsp3) is 0.375. The molecule has 0 saturated heterocycles. The smallest absolute Gasteiger partial charge is 0.303 e. The summed E-state index contributed by atoms with van der Waals surface area (Å²) in [5, 5.41) is 0. The third-order valence-corrected chi connectivity index (χ3v) is 4.10. The first-order valence-corrected chi connectivity index (χ1v) is 7.62. The lowest BCUT2D eigenvalue weighted by Gasteiger charge is -2.28. The van der Waals surface area contributed by atoms with E-state index in [-0.39, 0.29) is 30.8 Å². The molecule has 2 heterocycles. The zero-order chi connectivity index (χ0) is 19.1. The van der Waals surface area contributed by atoms with E-state index in [1.54, 1.807) is 9.88 Å². The second-order valence-corrected chi connectivity index (χ2v) is 5.99. The Hall–Kier alpha value is -2.36. The molecule has 140 valence electrons. The fourth-order valence-electron chi connectivity index (χ4n) is 2.81. The highest BCUT2D eigenvalue weighted by atomic mass is 19.4. The molecule has 0 atom stereocenters. The summed E-state index contributed by atoms with van der Waals surface area (Å²) in [6.45, 7) is 0.705. The van der Waals surface area contributed by atoms with Gasteiger partial charge in [-0.05, 0) is 17.7 Å². The maximum atomic E-state index is 12.7. The number of hydrogen-bond acceptors (Lipinski definition) is 3. The molecule has 1 aliphatic rings. The average molecular weight is 377 g/mol. The molecule has 0 bridgehead atoms. The van der Waals surface area contributed by atoms with Crippen molar-refractivity contribution in [2.75, 3.05) is 6.54 Å². The van der Waals surface area contributed by atoms with E-state index in [0.717, 1.165) is 12.1 Å². The van der Waals surface area contributed by atoms with Crippen LogP contribution in [0.15, 0.2) is 29.1 Å². The Morgan fingerprint density at radius 1 is 1.04 bits per heavy atom. The number of nitrogens with one attached hydrogen (secondary N) is 1. The predicted molar refractivity (Wildman–Crippen MR) is 79.1 cm³/mol.